The summed E-state index contributed by atoms with van der Waals surface area (Å²) in [4.78, 5) is 4.33. The average molecular weight is 270 g/mol. The summed E-state index contributed by atoms with van der Waals surface area (Å²) in [5.74, 6) is 1.33. The minimum absolute atomic E-state index is 0.554. The van der Waals surface area contributed by atoms with Gasteiger partial charge < -0.3 is 10.1 Å². The number of ether oxygens (including phenoxy) is 1. The van der Waals surface area contributed by atoms with Crippen molar-refractivity contribution in [3.8, 4) is 5.88 Å². The molecule has 0 amide bonds. The van der Waals surface area contributed by atoms with Gasteiger partial charge in [-0.3, -0.25) is 0 Å². The quantitative estimate of drug-likeness (QED) is 0.837. The molecule has 1 heterocycles. The zero-order chi connectivity index (χ0) is 14.2. The summed E-state index contributed by atoms with van der Waals surface area (Å²) in [7, 11) is 0. The van der Waals surface area contributed by atoms with Gasteiger partial charge in [0.05, 0.1) is 0 Å². The van der Waals surface area contributed by atoms with Gasteiger partial charge in [0.15, 0.2) is 0 Å². The van der Waals surface area contributed by atoms with Crippen molar-refractivity contribution in [3.63, 3.8) is 0 Å². The van der Waals surface area contributed by atoms with Crippen LogP contribution in [0, 0.1) is 5.92 Å². The Morgan fingerprint density at radius 3 is 2.50 bits per heavy atom. The van der Waals surface area contributed by atoms with Gasteiger partial charge in [0, 0.05) is 18.8 Å². The van der Waals surface area contributed by atoms with Gasteiger partial charge >= 0.3 is 0 Å². The summed E-state index contributed by atoms with van der Waals surface area (Å²) in [6.45, 7) is 6.83. The van der Waals surface area contributed by atoms with Gasteiger partial charge in [0.1, 0.15) is 6.61 Å². The molecule has 3 heteroatoms. The Bertz CT molecular complexity index is 494. The molecule has 20 heavy (non-hydrogen) atoms. The van der Waals surface area contributed by atoms with Crippen LogP contribution < -0.4 is 10.1 Å². The Morgan fingerprint density at radius 1 is 1.05 bits per heavy atom. The molecule has 0 saturated carbocycles. The van der Waals surface area contributed by atoms with Crippen molar-refractivity contribution in [1.82, 2.24) is 10.3 Å². The van der Waals surface area contributed by atoms with E-state index in [9.17, 15) is 0 Å². The molecule has 0 radical (unpaired) electrons. The molecule has 2 rings (SSSR count). The van der Waals surface area contributed by atoms with Crippen molar-refractivity contribution in [3.05, 3.63) is 59.8 Å². The van der Waals surface area contributed by atoms with E-state index in [1.807, 2.05) is 42.6 Å². The maximum absolute atomic E-state index is 5.66. The van der Waals surface area contributed by atoms with Crippen molar-refractivity contribution in [1.29, 1.82) is 0 Å². The predicted octanol–water partition coefficient (Wildman–Crippen LogP) is 3.41. The number of nitrogens with one attached hydrogen (secondary N) is 1. The van der Waals surface area contributed by atoms with Crippen molar-refractivity contribution in [2.45, 2.75) is 27.0 Å². The Morgan fingerprint density at radius 2 is 1.85 bits per heavy atom. The molecule has 0 bridgehead atoms. The lowest BCUT2D eigenvalue weighted by Gasteiger charge is -2.08. The molecule has 0 aliphatic heterocycles. The van der Waals surface area contributed by atoms with Gasteiger partial charge in [-0.05, 0) is 23.6 Å². The molecule has 0 aliphatic carbocycles. The molecule has 106 valence electrons. The zero-order valence-corrected chi connectivity index (χ0v) is 12.2. The highest BCUT2D eigenvalue weighted by Gasteiger charge is 1.99. The van der Waals surface area contributed by atoms with Crippen molar-refractivity contribution in [2.75, 3.05) is 6.54 Å². The normalized spacial score (nSPS) is 10.8. The highest BCUT2D eigenvalue weighted by atomic mass is 16.5. The third kappa shape index (κ3) is 5.02. The molecule has 0 unspecified atom stereocenters. The van der Waals surface area contributed by atoms with Crippen LogP contribution in [0.5, 0.6) is 5.88 Å². The molecule has 2 aromatic rings. The lowest BCUT2D eigenvalue weighted by atomic mass is 10.2. The van der Waals surface area contributed by atoms with Crippen molar-refractivity contribution >= 4 is 0 Å². The summed E-state index contributed by atoms with van der Waals surface area (Å²) < 4.78 is 5.66. The van der Waals surface area contributed by atoms with Crippen LogP contribution in [0.4, 0.5) is 0 Å². The van der Waals surface area contributed by atoms with Gasteiger partial charge in [-0.15, -0.1) is 0 Å². The minimum atomic E-state index is 0.554. The first kappa shape index (κ1) is 14.5. The number of aromatic nitrogens is 1. The maximum Gasteiger partial charge on any atom is 0.213 e. The Labute approximate surface area is 121 Å². The van der Waals surface area contributed by atoms with E-state index in [2.05, 4.69) is 30.2 Å². The van der Waals surface area contributed by atoms with Gasteiger partial charge in [-0.25, -0.2) is 4.98 Å². The second-order valence-electron chi connectivity index (χ2n) is 5.30. The first-order valence-corrected chi connectivity index (χ1v) is 7.06. The van der Waals surface area contributed by atoms with Crippen LogP contribution in [0.3, 0.4) is 0 Å². The predicted molar refractivity (Wildman–Crippen MR) is 81.6 cm³/mol. The summed E-state index contributed by atoms with van der Waals surface area (Å²) in [6, 6.07) is 14.1. The standard InChI is InChI=1S/C17H22N2O/c1-14(2)10-18-11-16-8-9-17(19-12-16)20-13-15-6-4-3-5-7-15/h3-9,12,14,18H,10-11,13H2,1-2H3. The number of hydrogen-bond acceptors (Lipinski definition) is 3. The van der Waals surface area contributed by atoms with Crippen LogP contribution >= 0.6 is 0 Å². The number of rotatable bonds is 7. The van der Waals surface area contributed by atoms with E-state index in [1.165, 1.54) is 5.56 Å². The van der Waals surface area contributed by atoms with E-state index in [0.29, 0.717) is 18.4 Å². The molecular weight excluding hydrogens is 248 g/mol. The fraction of sp³-hybridized carbons (Fsp3) is 0.353. The molecule has 0 fully saturated rings. The summed E-state index contributed by atoms with van der Waals surface area (Å²) in [6.07, 6.45) is 1.87. The Hall–Kier alpha value is -1.87. The number of hydrogen-bond donors (Lipinski definition) is 1. The second-order valence-corrected chi connectivity index (χ2v) is 5.30. The third-order valence-electron chi connectivity index (χ3n) is 2.91. The van der Waals surface area contributed by atoms with Crippen LogP contribution in [-0.4, -0.2) is 11.5 Å². The summed E-state index contributed by atoms with van der Waals surface area (Å²) >= 11 is 0. The largest absolute Gasteiger partial charge is 0.473 e. The smallest absolute Gasteiger partial charge is 0.213 e. The Balaban J connectivity index is 1.79. The number of benzene rings is 1. The molecule has 0 spiro atoms. The molecule has 0 atom stereocenters. The molecule has 1 N–H and O–H groups in total. The molecule has 0 aliphatic rings. The van der Waals surface area contributed by atoms with Crippen molar-refractivity contribution in [2.24, 2.45) is 5.92 Å². The minimum Gasteiger partial charge on any atom is -0.473 e. The highest BCUT2D eigenvalue weighted by molar-refractivity contribution is 5.19. The maximum atomic E-state index is 5.66. The van der Waals surface area contributed by atoms with Gasteiger partial charge in [0.2, 0.25) is 5.88 Å². The lowest BCUT2D eigenvalue weighted by molar-refractivity contribution is 0.293. The third-order valence-corrected chi connectivity index (χ3v) is 2.91. The van der Waals surface area contributed by atoms with E-state index in [-0.39, 0.29) is 0 Å². The Kier molecular flexibility index (Phi) is 5.56. The monoisotopic (exact) mass is 270 g/mol. The van der Waals surface area contributed by atoms with E-state index in [1.54, 1.807) is 0 Å². The number of nitrogens with zero attached hydrogens (tertiary/aromatic N) is 1. The second kappa shape index (κ2) is 7.65. The van der Waals surface area contributed by atoms with E-state index >= 15 is 0 Å². The zero-order valence-electron chi connectivity index (χ0n) is 12.2. The fourth-order valence-corrected chi connectivity index (χ4v) is 1.84. The first-order chi connectivity index (χ1) is 9.74. The van der Waals surface area contributed by atoms with Crippen LogP contribution in [0.25, 0.3) is 0 Å². The van der Waals surface area contributed by atoms with Crippen LogP contribution in [0.1, 0.15) is 25.0 Å². The van der Waals surface area contributed by atoms with Crippen LogP contribution in [0.15, 0.2) is 48.7 Å². The highest BCUT2D eigenvalue weighted by Crippen LogP contribution is 2.10. The number of pyridine rings is 1. The van der Waals surface area contributed by atoms with Gasteiger partial charge in [-0.1, -0.05) is 50.2 Å². The van der Waals surface area contributed by atoms with E-state index in [0.717, 1.165) is 18.7 Å². The average Bonchev–Trinajstić information content (AvgIpc) is 2.47. The van der Waals surface area contributed by atoms with Gasteiger partial charge in [0.25, 0.3) is 0 Å². The van der Waals surface area contributed by atoms with E-state index < -0.39 is 0 Å². The molecule has 0 saturated heterocycles. The van der Waals surface area contributed by atoms with Crippen LogP contribution in [0.2, 0.25) is 0 Å². The lowest BCUT2D eigenvalue weighted by Crippen LogP contribution is -2.18. The summed E-state index contributed by atoms with van der Waals surface area (Å²) in [5, 5.41) is 3.40. The molecule has 1 aromatic carbocycles. The molecule has 1 aromatic heterocycles. The SMILES string of the molecule is CC(C)CNCc1ccc(OCc2ccccc2)nc1. The van der Waals surface area contributed by atoms with Crippen molar-refractivity contribution < 1.29 is 4.74 Å². The topological polar surface area (TPSA) is 34.1 Å². The van der Waals surface area contributed by atoms with Gasteiger partial charge in [-0.2, -0.15) is 0 Å². The summed E-state index contributed by atoms with van der Waals surface area (Å²) in [5.41, 5.74) is 2.33. The van der Waals surface area contributed by atoms with Crippen LogP contribution in [-0.2, 0) is 13.2 Å². The molecular formula is C17H22N2O. The fourth-order valence-electron chi connectivity index (χ4n) is 1.84. The first-order valence-electron chi connectivity index (χ1n) is 7.06. The van der Waals surface area contributed by atoms with E-state index in [4.69, 9.17) is 4.74 Å². The molecule has 3 nitrogen and oxygen atoms in total.